The van der Waals surface area contributed by atoms with Crippen molar-refractivity contribution in [3.8, 4) is 0 Å². The Morgan fingerprint density at radius 2 is 2.10 bits per heavy atom. The maximum Gasteiger partial charge on any atom is 0.233 e. The number of amides is 1. The lowest BCUT2D eigenvalue weighted by Crippen LogP contribution is -2.30. The van der Waals surface area contributed by atoms with Crippen LogP contribution in [0.15, 0.2) is 34.7 Å². The van der Waals surface area contributed by atoms with Gasteiger partial charge in [0.05, 0.1) is 5.25 Å². The molecule has 0 bridgehead atoms. The van der Waals surface area contributed by atoms with Crippen molar-refractivity contribution < 1.29 is 4.79 Å². The third-order valence-electron chi connectivity index (χ3n) is 2.69. The Balaban J connectivity index is 1.85. The van der Waals surface area contributed by atoms with Gasteiger partial charge in [0.2, 0.25) is 11.0 Å². The van der Waals surface area contributed by atoms with Gasteiger partial charge in [-0.15, -0.1) is 10.2 Å². The van der Waals surface area contributed by atoms with Gasteiger partial charge in [0.15, 0.2) is 4.34 Å². The van der Waals surface area contributed by atoms with Gasteiger partial charge < -0.3 is 10.6 Å². The Bertz CT molecular complexity index is 573. The van der Waals surface area contributed by atoms with E-state index >= 15 is 0 Å². The third-order valence-corrected chi connectivity index (χ3v) is 4.76. The van der Waals surface area contributed by atoms with Crippen molar-refractivity contribution in [3.05, 3.63) is 35.9 Å². The highest BCUT2D eigenvalue weighted by Gasteiger charge is 2.16. The van der Waals surface area contributed by atoms with E-state index < -0.39 is 0 Å². The molecule has 0 saturated carbocycles. The second kappa shape index (κ2) is 7.99. The molecular formula is C14H18N4OS2. The zero-order chi connectivity index (χ0) is 15.1. The zero-order valence-electron chi connectivity index (χ0n) is 12.0. The first-order chi connectivity index (χ1) is 10.2. The molecule has 2 N–H and O–H groups in total. The van der Waals surface area contributed by atoms with Gasteiger partial charge in [-0.05, 0) is 19.4 Å². The largest absolute Gasteiger partial charge is 0.356 e. The number of benzene rings is 1. The fourth-order valence-electron chi connectivity index (χ4n) is 1.63. The summed E-state index contributed by atoms with van der Waals surface area (Å²) < 4.78 is 0.796. The van der Waals surface area contributed by atoms with E-state index in [2.05, 4.69) is 33.0 Å². The van der Waals surface area contributed by atoms with Gasteiger partial charge in [0, 0.05) is 13.1 Å². The molecule has 0 aliphatic carbocycles. The third kappa shape index (κ3) is 5.02. The Morgan fingerprint density at radius 1 is 1.33 bits per heavy atom. The highest BCUT2D eigenvalue weighted by Crippen LogP contribution is 2.29. The van der Waals surface area contributed by atoms with Crippen molar-refractivity contribution in [2.24, 2.45) is 0 Å². The van der Waals surface area contributed by atoms with Crippen molar-refractivity contribution in [2.75, 3.05) is 11.9 Å². The molecule has 0 unspecified atom stereocenters. The van der Waals surface area contributed by atoms with Gasteiger partial charge in [-0.2, -0.15) is 0 Å². The molecule has 21 heavy (non-hydrogen) atoms. The molecule has 1 heterocycles. The molecule has 1 atom stereocenters. The van der Waals surface area contributed by atoms with Crippen LogP contribution in [0.25, 0.3) is 0 Å². The van der Waals surface area contributed by atoms with E-state index in [0.717, 1.165) is 9.47 Å². The van der Waals surface area contributed by atoms with Crippen LogP contribution < -0.4 is 10.6 Å². The topological polar surface area (TPSA) is 66.9 Å². The van der Waals surface area contributed by atoms with Gasteiger partial charge in [0.1, 0.15) is 0 Å². The minimum absolute atomic E-state index is 0.0245. The number of thioether (sulfide) groups is 1. The minimum Gasteiger partial charge on any atom is -0.356 e. The maximum absolute atomic E-state index is 11.7. The van der Waals surface area contributed by atoms with Gasteiger partial charge in [0.25, 0.3) is 0 Å². The monoisotopic (exact) mass is 322 g/mol. The van der Waals surface area contributed by atoms with Crippen molar-refractivity contribution in [1.29, 1.82) is 0 Å². The number of aromatic nitrogens is 2. The SMILES string of the molecule is CCNC(=O)[C@H](C)Sc1nnc(NCc2ccccc2)s1. The van der Waals surface area contributed by atoms with Gasteiger partial charge >= 0.3 is 0 Å². The molecule has 112 valence electrons. The number of carbonyl (C=O) groups is 1. The number of nitrogens with one attached hydrogen (secondary N) is 2. The molecule has 0 aliphatic heterocycles. The second-order valence-electron chi connectivity index (χ2n) is 4.37. The molecular weight excluding hydrogens is 304 g/mol. The zero-order valence-corrected chi connectivity index (χ0v) is 13.6. The Morgan fingerprint density at radius 3 is 2.81 bits per heavy atom. The first kappa shape index (κ1) is 15.8. The predicted octanol–water partition coefficient (Wildman–Crippen LogP) is 2.77. The van der Waals surface area contributed by atoms with E-state index in [0.29, 0.717) is 13.1 Å². The molecule has 0 spiro atoms. The summed E-state index contributed by atoms with van der Waals surface area (Å²) in [5, 5.41) is 14.8. The summed E-state index contributed by atoms with van der Waals surface area (Å²) in [4.78, 5) is 11.7. The molecule has 5 nitrogen and oxygen atoms in total. The van der Waals surface area contributed by atoms with Gasteiger partial charge in [-0.25, -0.2) is 0 Å². The second-order valence-corrected chi connectivity index (χ2v) is 6.93. The highest BCUT2D eigenvalue weighted by atomic mass is 32.2. The predicted molar refractivity (Wildman–Crippen MR) is 87.7 cm³/mol. The van der Waals surface area contributed by atoms with E-state index in [4.69, 9.17) is 0 Å². The molecule has 1 aromatic carbocycles. The molecule has 0 saturated heterocycles. The molecule has 2 aromatic rings. The van der Waals surface area contributed by atoms with Gasteiger partial charge in [-0.3, -0.25) is 4.79 Å². The summed E-state index contributed by atoms with van der Waals surface area (Å²) in [6.07, 6.45) is 0. The molecule has 2 rings (SSSR count). The quantitative estimate of drug-likeness (QED) is 0.767. The maximum atomic E-state index is 11.7. The van der Waals surface area contributed by atoms with Crippen LogP contribution in [-0.2, 0) is 11.3 Å². The minimum atomic E-state index is -0.167. The van der Waals surface area contributed by atoms with E-state index in [-0.39, 0.29) is 11.2 Å². The van der Waals surface area contributed by atoms with E-state index in [9.17, 15) is 4.79 Å². The summed E-state index contributed by atoms with van der Waals surface area (Å²) in [7, 11) is 0. The van der Waals surface area contributed by atoms with Crippen LogP contribution in [0.2, 0.25) is 0 Å². The molecule has 0 aliphatic rings. The van der Waals surface area contributed by atoms with Crippen LogP contribution >= 0.6 is 23.1 Å². The summed E-state index contributed by atoms with van der Waals surface area (Å²) in [5.41, 5.74) is 1.19. The molecule has 0 radical (unpaired) electrons. The lowest BCUT2D eigenvalue weighted by atomic mass is 10.2. The standard InChI is InChI=1S/C14H18N4OS2/c1-3-15-12(19)10(2)20-14-18-17-13(21-14)16-9-11-7-5-4-6-8-11/h4-8,10H,3,9H2,1-2H3,(H,15,19)(H,16,17)/t10-/m0/s1. The molecule has 0 fully saturated rings. The summed E-state index contributed by atoms with van der Waals surface area (Å²) in [5.74, 6) is 0.0245. The van der Waals surface area contributed by atoms with Crippen LogP contribution in [0.4, 0.5) is 5.13 Å². The first-order valence-electron chi connectivity index (χ1n) is 6.74. The van der Waals surface area contributed by atoms with Crippen LogP contribution in [-0.4, -0.2) is 27.9 Å². The van der Waals surface area contributed by atoms with E-state index in [1.165, 1.54) is 28.7 Å². The molecule has 1 aromatic heterocycles. The lowest BCUT2D eigenvalue weighted by molar-refractivity contribution is -0.120. The average molecular weight is 322 g/mol. The fourth-order valence-corrected chi connectivity index (χ4v) is 3.54. The van der Waals surface area contributed by atoms with Gasteiger partial charge in [-0.1, -0.05) is 53.4 Å². The fraction of sp³-hybridized carbons (Fsp3) is 0.357. The van der Waals surface area contributed by atoms with Crippen molar-refractivity contribution in [2.45, 2.75) is 30.0 Å². The summed E-state index contributed by atoms with van der Waals surface area (Å²) in [6, 6.07) is 10.1. The lowest BCUT2D eigenvalue weighted by Gasteiger charge is -2.07. The smallest absolute Gasteiger partial charge is 0.233 e. The number of hydrogen-bond donors (Lipinski definition) is 2. The number of rotatable bonds is 7. The Kier molecular flexibility index (Phi) is 6.01. The van der Waals surface area contributed by atoms with Crippen molar-refractivity contribution in [1.82, 2.24) is 15.5 Å². The van der Waals surface area contributed by atoms with Crippen LogP contribution in [0, 0.1) is 0 Å². The number of anilines is 1. The van der Waals surface area contributed by atoms with E-state index in [1.54, 1.807) is 0 Å². The van der Waals surface area contributed by atoms with Crippen molar-refractivity contribution in [3.63, 3.8) is 0 Å². The Hall–Kier alpha value is -1.60. The Labute approximate surface area is 132 Å². The number of hydrogen-bond acceptors (Lipinski definition) is 6. The highest BCUT2D eigenvalue weighted by molar-refractivity contribution is 8.02. The number of carbonyl (C=O) groups excluding carboxylic acids is 1. The van der Waals surface area contributed by atoms with Crippen molar-refractivity contribution >= 4 is 34.1 Å². The molecule has 7 heteroatoms. The van der Waals surface area contributed by atoms with E-state index in [1.807, 2.05) is 32.0 Å². The normalized spacial score (nSPS) is 11.9. The first-order valence-corrected chi connectivity index (χ1v) is 8.44. The summed E-state index contributed by atoms with van der Waals surface area (Å²) >= 11 is 2.89. The number of nitrogens with zero attached hydrogens (tertiary/aromatic N) is 2. The summed E-state index contributed by atoms with van der Waals surface area (Å²) in [6.45, 7) is 5.13. The molecule has 1 amide bonds. The van der Waals surface area contributed by atoms with Crippen LogP contribution in [0.5, 0.6) is 0 Å². The average Bonchev–Trinajstić information content (AvgIpc) is 2.94. The van der Waals surface area contributed by atoms with Crippen LogP contribution in [0.3, 0.4) is 0 Å². The van der Waals surface area contributed by atoms with Crippen LogP contribution in [0.1, 0.15) is 19.4 Å².